The summed E-state index contributed by atoms with van der Waals surface area (Å²) in [4.78, 5) is 6.31. The van der Waals surface area contributed by atoms with Gasteiger partial charge in [0.05, 0.1) is 12.6 Å². The normalized spacial score (nSPS) is 25.2. The average Bonchev–Trinajstić information content (AvgIpc) is 2.30. The molecule has 1 rings (SSSR count). The van der Waals surface area contributed by atoms with Crippen molar-refractivity contribution in [2.75, 3.05) is 13.1 Å². The van der Waals surface area contributed by atoms with Crippen molar-refractivity contribution in [2.45, 2.75) is 26.3 Å². The summed E-state index contributed by atoms with van der Waals surface area (Å²) in [7, 11) is 0. The second-order valence-electron chi connectivity index (χ2n) is 2.55. The zero-order valence-electron chi connectivity index (χ0n) is 6.67. The molecule has 0 bridgehead atoms. The fraction of sp³-hybridized carbons (Fsp3) is 0.857. The van der Waals surface area contributed by atoms with Crippen molar-refractivity contribution < 1.29 is 0 Å². The third kappa shape index (κ3) is 1.08. The van der Waals surface area contributed by atoms with Crippen LogP contribution in [0.1, 0.15) is 20.3 Å². The lowest BCUT2D eigenvalue weighted by Gasteiger charge is -2.22. The zero-order valence-corrected chi connectivity index (χ0v) is 6.67. The van der Waals surface area contributed by atoms with Gasteiger partial charge < -0.3 is 10.6 Å². The van der Waals surface area contributed by atoms with Crippen LogP contribution in [0.15, 0.2) is 4.99 Å². The lowest BCUT2D eigenvalue weighted by atomic mass is 10.2. The van der Waals surface area contributed by atoms with Gasteiger partial charge in [0.25, 0.3) is 0 Å². The number of hydrogen-bond donors (Lipinski definition) is 1. The van der Waals surface area contributed by atoms with Gasteiger partial charge in [-0.25, -0.2) is 0 Å². The van der Waals surface area contributed by atoms with Crippen molar-refractivity contribution in [3.8, 4) is 0 Å². The minimum absolute atomic E-state index is 0.560. The van der Waals surface area contributed by atoms with Crippen LogP contribution in [0, 0.1) is 0 Å². The number of aliphatic imine (C=N–C) groups is 1. The number of likely N-dealkylation sites (N-methyl/N-ethyl adjacent to an activating group) is 1. The molecule has 0 saturated heterocycles. The first-order valence-corrected chi connectivity index (χ1v) is 3.86. The Balaban J connectivity index is 2.54. The van der Waals surface area contributed by atoms with E-state index in [0.717, 1.165) is 19.5 Å². The van der Waals surface area contributed by atoms with Gasteiger partial charge in [-0.1, -0.05) is 6.92 Å². The maximum Gasteiger partial charge on any atom is 0.191 e. The number of nitrogens with zero attached hydrogens (tertiary/aromatic N) is 2. The third-order valence-electron chi connectivity index (χ3n) is 2.01. The van der Waals surface area contributed by atoms with E-state index in [4.69, 9.17) is 5.73 Å². The van der Waals surface area contributed by atoms with Gasteiger partial charge in [-0.15, -0.1) is 0 Å². The van der Waals surface area contributed by atoms with Crippen molar-refractivity contribution in [3.05, 3.63) is 0 Å². The molecule has 0 aliphatic carbocycles. The summed E-state index contributed by atoms with van der Waals surface area (Å²) in [5.74, 6) is 0.717. The van der Waals surface area contributed by atoms with E-state index in [-0.39, 0.29) is 0 Å². The molecule has 10 heavy (non-hydrogen) atoms. The minimum atomic E-state index is 0.560. The molecule has 1 heterocycles. The molecule has 0 amide bonds. The molecule has 3 nitrogen and oxygen atoms in total. The van der Waals surface area contributed by atoms with Crippen molar-refractivity contribution in [3.63, 3.8) is 0 Å². The Morgan fingerprint density at radius 2 is 2.40 bits per heavy atom. The number of rotatable bonds is 2. The summed E-state index contributed by atoms with van der Waals surface area (Å²) in [6.07, 6.45) is 1.14. The lowest BCUT2D eigenvalue weighted by molar-refractivity contribution is 0.347. The van der Waals surface area contributed by atoms with Gasteiger partial charge in [0.1, 0.15) is 0 Å². The smallest absolute Gasteiger partial charge is 0.191 e. The Labute approximate surface area is 61.9 Å². The lowest BCUT2D eigenvalue weighted by Crippen LogP contribution is -2.39. The molecule has 0 aromatic rings. The summed E-state index contributed by atoms with van der Waals surface area (Å²) in [5.41, 5.74) is 5.63. The molecule has 0 spiro atoms. The first-order chi connectivity index (χ1) is 4.79. The van der Waals surface area contributed by atoms with Gasteiger partial charge in [0.15, 0.2) is 5.96 Å². The molecule has 3 heteroatoms. The molecule has 1 unspecified atom stereocenters. The maximum absolute atomic E-state index is 5.63. The van der Waals surface area contributed by atoms with E-state index in [1.54, 1.807) is 0 Å². The van der Waals surface area contributed by atoms with Gasteiger partial charge in [-0.3, -0.25) is 4.99 Å². The fourth-order valence-electron chi connectivity index (χ4n) is 1.35. The molecule has 1 atom stereocenters. The van der Waals surface area contributed by atoms with Crippen LogP contribution < -0.4 is 5.73 Å². The first-order valence-electron chi connectivity index (χ1n) is 3.86. The van der Waals surface area contributed by atoms with Gasteiger partial charge in [-0.05, 0) is 13.3 Å². The highest BCUT2D eigenvalue weighted by molar-refractivity contribution is 5.80. The SMILES string of the molecule is CCC1CN=C(N)N1CC. The first kappa shape index (κ1) is 7.38. The second-order valence-corrected chi connectivity index (χ2v) is 2.55. The van der Waals surface area contributed by atoms with E-state index in [2.05, 4.69) is 23.7 Å². The second kappa shape index (κ2) is 2.90. The van der Waals surface area contributed by atoms with Crippen molar-refractivity contribution in [2.24, 2.45) is 10.7 Å². The highest BCUT2D eigenvalue weighted by Gasteiger charge is 2.21. The number of nitrogens with two attached hydrogens (primary N) is 1. The molecule has 0 fully saturated rings. The Morgan fingerprint density at radius 3 is 2.80 bits per heavy atom. The molecule has 58 valence electrons. The largest absolute Gasteiger partial charge is 0.370 e. The van der Waals surface area contributed by atoms with Crippen LogP contribution >= 0.6 is 0 Å². The van der Waals surface area contributed by atoms with E-state index in [0.29, 0.717) is 12.0 Å². The quantitative estimate of drug-likeness (QED) is 0.605. The third-order valence-corrected chi connectivity index (χ3v) is 2.01. The van der Waals surface area contributed by atoms with Crippen LogP contribution in [0.4, 0.5) is 0 Å². The Morgan fingerprint density at radius 1 is 1.70 bits per heavy atom. The van der Waals surface area contributed by atoms with Crippen LogP contribution in [-0.2, 0) is 0 Å². The molecule has 0 radical (unpaired) electrons. The fourth-order valence-corrected chi connectivity index (χ4v) is 1.35. The molecular formula is C7H15N3. The van der Waals surface area contributed by atoms with E-state index in [1.807, 2.05) is 0 Å². The summed E-state index contributed by atoms with van der Waals surface area (Å²) in [5, 5.41) is 0. The molecule has 2 N–H and O–H groups in total. The van der Waals surface area contributed by atoms with Gasteiger partial charge in [-0.2, -0.15) is 0 Å². The van der Waals surface area contributed by atoms with Gasteiger partial charge >= 0.3 is 0 Å². The number of hydrogen-bond acceptors (Lipinski definition) is 3. The van der Waals surface area contributed by atoms with Crippen LogP contribution in [0.2, 0.25) is 0 Å². The summed E-state index contributed by atoms with van der Waals surface area (Å²) >= 11 is 0. The molecule has 1 aliphatic rings. The van der Waals surface area contributed by atoms with Crippen LogP contribution in [0.5, 0.6) is 0 Å². The maximum atomic E-state index is 5.63. The van der Waals surface area contributed by atoms with Crippen LogP contribution in [0.25, 0.3) is 0 Å². The highest BCUT2D eigenvalue weighted by atomic mass is 15.3. The van der Waals surface area contributed by atoms with E-state index in [1.165, 1.54) is 0 Å². The monoisotopic (exact) mass is 141 g/mol. The minimum Gasteiger partial charge on any atom is -0.370 e. The number of guanidine groups is 1. The molecule has 0 aromatic heterocycles. The highest BCUT2D eigenvalue weighted by Crippen LogP contribution is 2.09. The average molecular weight is 141 g/mol. The Bertz CT molecular complexity index is 142. The molecule has 1 aliphatic heterocycles. The van der Waals surface area contributed by atoms with Gasteiger partial charge in [0.2, 0.25) is 0 Å². The predicted octanol–water partition coefficient (Wildman–Crippen LogP) is 0.415. The molecular weight excluding hydrogens is 126 g/mol. The Kier molecular flexibility index (Phi) is 2.14. The predicted molar refractivity (Wildman–Crippen MR) is 42.9 cm³/mol. The standard InChI is InChI=1S/C7H15N3/c1-3-6-5-9-7(8)10(6)4-2/h6H,3-5H2,1-2H3,(H2,8,9). The van der Waals surface area contributed by atoms with Crippen molar-refractivity contribution >= 4 is 5.96 Å². The van der Waals surface area contributed by atoms with Crippen LogP contribution in [0.3, 0.4) is 0 Å². The van der Waals surface area contributed by atoms with Crippen molar-refractivity contribution in [1.82, 2.24) is 4.90 Å². The molecule has 0 aromatic carbocycles. The Hall–Kier alpha value is -0.730. The van der Waals surface area contributed by atoms with E-state index in [9.17, 15) is 0 Å². The summed E-state index contributed by atoms with van der Waals surface area (Å²) < 4.78 is 0. The summed E-state index contributed by atoms with van der Waals surface area (Å²) in [6.45, 7) is 6.14. The van der Waals surface area contributed by atoms with Crippen LogP contribution in [-0.4, -0.2) is 30.0 Å². The van der Waals surface area contributed by atoms with Crippen molar-refractivity contribution in [1.29, 1.82) is 0 Å². The van der Waals surface area contributed by atoms with Gasteiger partial charge in [0, 0.05) is 6.54 Å². The zero-order chi connectivity index (χ0) is 7.56. The van der Waals surface area contributed by atoms with E-state index < -0.39 is 0 Å². The molecule has 0 saturated carbocycles. The van der Waals surface area contributed by atoms with E-state index >= 15 is 0 Å². The summed E-state index contributed by atoms with van der Waals surface area (Å²) in [6, 6.07) is 0.560. The topological polar surface area (TPSA) is 41.6 Å².